The zero-order chi connectivity index (χ0) is 22.1. The highest BCUT2D eigenvalue weighted by Gasteiger charge is 2.57. The van der Waals surface area contributed by atoms with E-state index in [1.165, 1.54) is 17.5 Å². The van der Waals surface area contributed by atoms with Crippen LogP contribution in [0.15, 0.2) is 60.7 Å². The molecule has 2 aromatic carbocycles. The second-order valence-corrected chi connectivity index (χ2v) is 15.3. The van der Waals surface area contributed by atoms with Crippen LogP contribution in [0.1, 0.15) is 52.9 Å². The monoisotopic (exact) mass is 436 g/mol. The molecule has 2 fully saturated rings. The van der Waals surface area contributed by atoms with Gasteiger partial charge in [0.25, 0.3) is 0 Å². The van der Waals surface area contributed by atoms with Gasteiger partial charge in [0.1, 0.15) is 8.07 Å². The van der Waals surface area contributed by atoms with Crippen molar-refractivity contribution in [1.29, 1.82) is 0 Å². The van der Waals surface area contributed by atoms with Crippen molar-refractivity contribution >= 4 is 24.4 Å². The fraction of sp³-hybridized carbons (Fsp3) is 0.519. The Bertz CT molecular complexity index is 842. The number of carbonyl (C=O) groups is 1. The Balaban J connectivity index is 1.78. The van der Waals surface area contributed by atoms with Gasteiger partial charge in [-0.2, -0.15) is 0 Å². The Hall–Kier alpha value is -1.91. The molecule has 1 aliphatic heterocycles. The van der Waals surface area contributed by atoms with Gasteiger partial charge in [0.15, 0.2) is 0 Å². The van der Waals surface area contributed by atoms with E-state index in [9.17, 15) is 4.79 Å². The van der Waals surface area contributed by atoms with Gasteiger partial charge in [0.2, 0.25) is 0 Å². The molecule has 2 aromatic rings. The van der Waals surface area contributed by atoms with Crippen molar-refractivity contribution in [2.45, 2.75) is 75.7 Å². The highest BCUT2D eigenvalue weighted by molar-refractivity contribution is 7.04. The zero-order valence-electron chi connectivity index (χ0n) is 19.4. The number of carbonyl (C=O) groups excluding carboxylic acids is 1. The van der Waals surface area contributed by atoms with Crippen LogP contribution in [-0.2, 0) is 14.3 Å². The largest absolute Gasteiger partial charge is 0.469 e. The normalized spacial score (nSPS) is 23.2. The summed E-state index contributed by atoms with van der Waals surface area (Å²) < 4.78 is 12.1. The predicted molar refractivity (Wildman–Crippen MR) is 129 cm³/mol. The third kappa shape index (κ3) is 3.89. The van der Waals surface area contributed by atoms with E-state index in [0.29, 0.717) is 0 Å². The average Bonchev–Trinajstić information content (AvgIpc) is 3.39. The lowest BCUT2D eigenvalue weighted by molar-refractivity contribution is -0.152. The lowest BCUT2D eigenvalue weighted by atomic mass is 9.85. The molecule has 2 unspecified atom stereocenters. The summed E-state index contributed by atoms with van der Waals surface area (Å²) in [6.07, 6.45) is 5.08. The SMILES string of the molecule is COC(=O)C1CC(C[Si](c2ccccc2)(c2ccccc2)C(C)(C)C)OC12CCCC2. The van der Waals surface area contributed by atoms with E-state index >= 15 is 0 Å². The van der Waals surface area contributed by atoms with Crippen LogP contribution in [0.25, 0.3) is 0 Å². The molecular formula is C27H36O3Si. The zero-order valence-corrected chi connectivity index (χ0v) is 20.4. The Morgan fingerprint density at radius 3 is 1.97 bits per heavy atom. The van der Waals surface area contributed by atoms with Gasteiger partial charge in [-0.3, -0.25) is 4.79 Å². The van der Waals surface area contributed by atoms with Gasteiger partial charge in [0.05, 0.1) is 24.7 Å². The molecular weight excluding hydrogens is 400 g/mol. The van der Waals surface area contributed by atoms with Gasteiger partial charge >= 0.3 is 5.97 Å². The summed E-state index contributed by atoms with van der Waals surface area (Å²) in [5, 5.41) is 2.98. The molecule has 2 atom stereocenters. The fourth-order valence-corrected chi connectivity index (χ4v) is 11.9. The summed E-state index contributed by atoms with van der Waals surface area (Å²) in [6, 6.07) is 23.1. The van der Waals surface area contributed by atoms with Crippen LogP contribution in [-0.4, -0.2) is 32.9 Å². The molecule has 0 N–H and O–H groups in total. The molecule has 0 amide bonds. The van der Waals surface area contributed by atoms with Crippen LogP contribution in [0.4, 0.5) is 0 Å². The number of rotatable bonds is 5. The fourth-order valence-electron chi connectivity index (χ4n) is 6.32. The van der Waals surface area contributed by atoms with E-state index in [0.717, 1.165) is 38.1 Å². The molecule has 1 saturated heterocycles. The van der Waals surface area contributed by atoms with E-state index in [2.05, 4.69) is 81.4 Å². The van der Waals surface area contributed by atoms with Crippen molar-refractivity contribution in [3.05, 3.63) is 60.7 Å². The van der Waals surface area contributed by atoms with E-state index in [-0.39, 0.29) is 28.6 Å². The molecule has 4 rings (SSSR count). The van der Waals surface area contributed by atoms with Crippen molar-refractivity contribution in [3.63, 3.8) is 0 Å². The third-order valence-electron chi connectivity index (χ3n) is 7.82. The van der Waals surface area contributed by atoms with Crippen molar-refractivity contribution in [2.75, 3.05) is 7.11 Å². The van der Waals surface area contributed by atoms with Crippen molar-refractivity contribution < 1.29 is 14.3 Å². The van der Waals surface area contributed by atoms with Gasteiger partial charge < -0.3 is 9.47 Å². The Labute approximate surface area is 188 Å². The molecule has 1 spiro atoms. The standard InChI is InChI=1S/C27H36O3Si/c1-26(2,3)31(22-13-7-5-8-14-22,23-15-9-6-10-16-23)20-21-19-24(25(28)29-4)27(30-21)17-11-12-18-27/h5-10,13-16,21,24H,11-12,17-20H2,1-4H3. The molecule has 166 valence electrons. The van der Waals surface area contributed by atoms with Gasteiger partial charge in [-0.15, -0.1) is 0 Å². The second kappa shape index (κ2) is 8.55. The molecule has 3 nitrogen and oxygen atoms in total. The smallest absolute Gasteiger partial charge is 0.311 e. The van der Waals surface area contributed by atoms with Gasteiger partial charge in [-0.05, 0) is 30.3 Å². The Morgan fingerprint density at radius 2 is 1.52 bits per heavy atom. The molecule has 4 heteroatoms. The van der Waals surface area contributed by atoms with Crippen LogP contribution in [0.3, 0.4) is 0 Å². The maximum Gasteiger partial charge on any atom is 0.311 e. The van der Waals surface area contributed by atoms with E-state index in [1.807, 2.05) is 0 Å². The average molecular weight is 437 g/mol. The van der Waals surface area contributed by atoms with Crippen LogP contribution in [0, 0.1) is 5.92 Å². The minimum absolute atomic E-state index is 0.0773. The van der Waals surface area contributed by atoms with Crippen LogP contribution in [0.5, 0.6) is 0 Å². The van der Waals surface area contributed by atoms with E-state index in [4.69, 9.17) is 9.47 Å². The van der Waals surface area contributed by atoms with Crippen molar-refractivity contribution in [1.82, 2.24) is 0 Å². The van der Waals surface area contributed by atoms with Gasteiger partial charge in [-0.1, -0.05) is 105 Å². The topological polar surface area (TPSA) is 35.5 Å². The summed E-state index contributed by atoms with van der Waals surface area (Å²) >= 11 is 0. The highest BCUT2D eigenvalue weighted by atomic mass is 28.3. The van der Waals surface area contributed by atoms with Crippen LogP contribution >= 0.6 is 0 Å². The molecule has 2 aliphatic rings. The highest BCUT2D eigenvalue weighted by Crippen LogP contribution is 2.51. The molecule has 1 heterocycles. The second-order valence-electron chi connectivity index (χ2n) is 10.4. The van der Waals surface area contributed by atoms with Crippen LogP contribution in [0.2, 0.25) is 11.1 Å². The lowest BCUT2D eigenvalue weighted by Gasteiger charge is -2.45. The molecule has 0 radical (unpaired) electrons. The third-order valence-corrected chi connectivity index (χ3v) is 14.1. The van der Waals surface area contributed by atoms with Crippen molar-refractivity contribution in [3.8, 4) is 0 Å². The summed E-state index contributed by atoms with van der Waals surface area (Å²) in [4.78, 5) is 12.7. The van der Waals surface area contributed by atoms with Gasteiger partial charge in [0, 0.05) is 0 Å². The number of benzene rings is 2. The molecule has 1 aliphatic carbocycles. The number of hydrogen-bond donors (Lipinski definition) is 0. The van der Waals surface area contributed by atoms with Crippen molar-refractivity contribution in [2.24, 2.45) is 5.92 Å². The summed E-state index contributed by atoms with van der Waals surface area (Å²) in [7, 11) is -0.719. The molecule has 0 aromatic heterocycles. The summed E-state index contributed by atoms with van der Waals surface area (Å²) in [5.74, 6) is -0.227. The predicted octanol–water partition coefficient (Wildman–Crippen LogP) is 4.94. The molecule has 0 bridgehead atoms. The first kappa shape index (κ1) is 22.3. The first-order valence-electron chi connectivity index (χ1n) is 11.7. The maximum atomic E-state index is 12.7. The Morgan fingerprint density at radius 1 is 1.00 bits per heavy atom. The number of esters is 1. The summed E-state index contributed by atoms with van der Waals surface area (Å²) in [6.45, 7) is 7.16. The van der Waals surface area contributed by atoms with E-state index < -0.39 is 8.07 Å². The number of methoxy groups -OCH3 is 1. The first-order valence-corrected chi connectivity index (χ1v) is 13.9. The first-order chi connectivity index (χ1) is 14.8. The molecule has 1 saturated carbocycles. The molecule has 31 heavy (non-hydrogen) atoms. The minimum Gasteiger partial charge on any atom is -0.469 e. The Kier molecular flexibility index (Phi) is 6.15. The minimum atomic E-state index is -2.23. The number of hydrogen-bond acceptors (Lipinski definition) is 3. The quantitative estimate of drug-likeness (QED) is 0.492. The maximum absolute atomic E-state index is 12.7. The number of ether oxygens (including phenoxy) is 2. The summed E-state index contributed by atoms with van der Waals surface area (Å²) in [5.41, 5.74) is -0.316. The van der Waals surface area contributed by atoms with E-state index in [1.54, 1.807) is 0 Å². The lowest BCUT2D eigenvalue weighted by Crippen LogP contribution is -2.65. The van der Waals surface area contributed by atoms with Crippen LogP contribution < -0.4 is 10.4 Å². The van der Waals surface area contributed by atoms with Gasteiger partial charge in [-0.25, -0.2) is 0 Å².